The van der Waals surface area contributed by atoms with E-state index in [-0.39, 0.29) is 5.91 Å². The summed E-state index contributed by atoms with van der Waals surface area (Å²) in [4.78, 5) is 24.7. The van der Waals surface area contributed by atoms with Crippen LogP contribution in [0.4, 0.5) is 0 Å². The largest absolute Gasteiger partial charge is 0.339 e. The molecule has 8 nitrogen and oxygen atoms in total. The average molecular weight is 432 g/mol. The van der Waals surface area contributed by atoms with Crippen LogP contribution in [0.5, 0.6) is 0 Å². The van der Waals surface area contributed by atoms with Crippen LogP contribution in [0, 0.1) is 0 Å². The number of fused-ring (bicyclic) bond motifs is 3. The number of carbonyl (C=O) groups excluding carboxylic acids is 1. The Morgan fingerprint density at radius 3 is 2.66 bits per heavy atom. The minimum Gasteiger partial charge on any atom is -0.339 e. The van der Waals surface area contributed by atoms with Gasteiger partial charge in [-0.1, -0.05) is 12.5 Å². The highest BCUT2D eigenvalue weighted by molar-refractivity contribution is 5.82. The van der Waals surface area contributed by atoms with E-state index in [0.717, 1.165) is 73.4 Å². The Labute approximate surface area is 187 Å². The van der Waals surface area contributed by atoms with Gasteiger partial charge in [0, 0.05) is 57.1 Å². The lowest BCUT2D eigenvalue weighted by Gasteiger charge is -2.43. The number of aromatic nitrogens is 4. The van der Waals surface area contributed by atoms with E-state index in [0.29, 0.717) is 13.1 Å². The number of rotatable bonds is 4. The number of carbonyl (C=O) groups is 1. The molecule has 0 atom stereocenters. The number of amides is 1. The molecule has 1 saturated carbocycles. The van der Waals surface area contributed by atoms with Crippen LogP contribution in [-0.4, -0.2) is 85.7 Å². The van der Waals surface area contributed by atoms with Crippen molar-refractivity contribution in [2.24, 2.45) is 0 Å². The van der Waals surface area contributed by atoms with Gasteiger partial charge in [-0.05, 0) is 37.1 Å². The first kappa shape index (κ1) is 19.8. The third-order valence-electron chi connectivity index (χ3n) is 7.32. The number of nitrogens with zero attached hydrogens (tertiary/aromatic N) is 7. The zero-order valence-corrected chi connectivity index (χ0v) is 18.4. The maximum Gasteiger partial charge on any atom is 0.236 e. The van der Waals surface area contributed by atoms with Gasteiger partial charge in [-0.3, -0.25) is 14.6 Å². The van der Waals surface area contributed by atoms with Crippen molar-refractivity contribution in [3.8, 4) is 11.3 Å². The molecule has 2 aromatic heterocycles. The van der Waals surface area contributed by atoms with E-state index in [4.69, 9.17) is 4.98 Å². The van der Waals surface area contributed by atoms with Gasteiger partial charge in [0.25, 0.3) is 0 Å². The minimum atomic E-state index is 0.257. The molecule has 1 aromatic carbocycles. The molecule has 3 aliphatic rings. The van der Waals surface area contributed by atoms with Crippen LogP contribution in [0.15, 0.2) is 36.5 Å². The highest BCUT2D eigenvalue weighted by Gasteiger charge is 2.30. The van der Waals surface area contributed by atoms with Crippen LogP contribution >= 0.6 is 0 Å². The molecule has 1 saturated heterocycles. The van der Waals surface area contributed by atoms with E-state index in [1.165, 1.54) is 19.3 Å². The third kappa shape index (κ3) is 3.67. The lowest BCUT2D eigenvalue weighted by Crippen LogP contribution is -2.55. The van der Waals surface area contributed by atoms with Crippen LogP contribution in [-0.2, 0) is 17.9 Å². The second kappa shape index (κ2) is 8.26. The molecule has 0 spiro atoms. The van der Waals surface area contributed by atoms with Crippen molar-refractivity contribution in [1.29, 1.82) is 0 Å². The quantitative estimate of drug-likeness (QED) is 0.629. The normalized spacial score (nSPS) is 20.3. The standard InChI is InChI=1S/C24H29N7O/c32-24(30-12-10-29(11-13-30)19-3-1-4-19)17-28-9-14-31-22-7-6-18(20-5-2-8-25-27-20)15-21(22)26-23(31)16-28/h2,5-8,15,19H,1,3-4,9-14,16-17H2. The van der Waals surface area contributed by atoms with E-state index in [1.807, 2.05) is 12.1 Å². The lowest BCUT2D eigenvalue weighted by molar-refractivity contribution is -0.135. The summed E-state index contributed by atoms with van der Waals surface area (Å²) in [5.41, 5.74) is 3.99. The zero-order valence-electron chi connectivity index (χ0n) is 18.4. The van der Waals surface area contributed by atoms with Gasteiger partial charge in [-0.15, -0.1) is 0 Å². The maximum absolute atomic E-state index is 12.9. The summed E-state index contributed by atoms with van der Waals surface area (Å²) in [7, 11) is 0. The van der Waals surface area contributed by atoms with E-state index in [9.17, 15) is 4.79 Å². The summed E-state index contributed by atoms with van der Waals surface area (Å²) in [6.07, 6.45) is 5.72. The van der Waals surface area contributed by atoms with Crippen molar-refractivity contribution in [2.75, 3.05) is 39.3 Å². The topological polar surface area (TPSA) is 70.4 Å². The predicted octanol–water partition coefficient (Wildman–Crippen LogP) is 2.01. The smallest absolute Gasteiger partial charge is 0.236 e. The molecule has 0 radical (unpaired) electrons. The first-order chi connectivity index (χ1) is 15.7. The molecule has 2 fully saturated rings. The van der Waals surface area contributed by atoms with Gasteiger partial charge in [-0.25, -0.2) is 4.98 Å². The van der Waals surface area contributed by atoms with Gasteiger partial charge >= 0.3 is 0 Å². The van der Waals surface area contributed by atoms with Gasteiger partial charge in [0.2, 0.25) is 5.91 Å². The molecule has 2 aliphatic heterocycles. The Morgan fingerprint density at radius 2 is 1.91 bits per heavy atom. The molecule has 1 amide bonds. The highest BCUT2D eigenvalue weighted by atomic mass is 16.2. The van der Waals surface area contributed by atoms with E-state index in [1.54, 1.807) is 6.20 Å². The summed E-state index contributed by atoms with van der Waals surface area (Å²) in [5, 5.41) is 8.19. The fourth-order valence-electron chi connectivity index (χ4n) is 5.20. The lowest BCUT2D eigenvalue weighted by atomic mass is 9.91. The predicted molar refractivity (Wildman–Crippen MR) is 122 cm³/mol. The van der Waals surface area contributed by atoms with Gasteiger partial charge in [0.15, 0.2) is 0 Å². The fraction of sp³-hybridized carbons (Fsp3) is 0.500. The summed E-state index contributed by atoms with van der Waals surface area (Å²) < 4.78 is 2.29. The summed E-state index contributed by atoms with van der Waals surface area (Å²) >= 11 is 0. The Bertz CT molecular complexity index is 1120. The number of hydrogen-bond donors (Lipinski definition) is 0. The molecule has 0 unspecified atom stereocenters. The molecule has 6 rings (SSSR count). The van der Waals surface area contributed by atoms with Crippen molar-refractivity contribution >= 4 is 16.9 Å². The molecular weight excluding hydrogens is 402 g/mol. The van der Waals surface area contributed by atoms with Crippen LogP contribution in [0.2, 0.25) is 0 Å². The third-order valence-corrected chi connectivity index (χ3v) is 7.32. The van der Waals surface area contributed by atoms with Crippen molar-refractivity contribution in [1.82, 2.24) is 34.4 Å². The fourth-order valence-corrected chi connectivity index (χ4v) is 5.20. The number of hydrogen-bond acceptors (Lipinski definition) is 6. The molecule has 3 aromatic rings. The Balaban J connectivity index is 1.11. The van der Waals surface area contributed by atoms with Crippen LogP contribution in [0.25, 0.3) is 22.3 Å². The van der Waals surface area contributed by atoms with E-state index < -0.39 is 0 Å². The second-order valence-corrected chi connectivity index (χ2v) is 9.20. The summed E-state index contributed by atoms with van der Waals surface area (Å²) in [6.45, 7) is 6.72. The molecule has 166 valence electrons. The van der Waals surface area contributed by atoms with Gasteiger partial charge in [0.05, 0.1) is 29.8 Å². The van der Waals surface area contributed by atoms with Gasteiger partial charge < -0.3 is 9.47 Å². The Morgan fingerprint density at radius 1 is 1.03 bits per heavy atom. The van der Waals surface area contributed by atoms with E-state index >= 15 is 0 Å². The van der Waals surface area contributed by atoms with Crippen molar-refractivity contribution in [3.63, 3.8) is 0 Å². The average Bonchev–Trinajstić information content (AvgIpc) is 3.16. The van der Waals surface area contributed by atoms with Crippen molar-refractivity contribution in [3.05, 3.63) is 42.4 Å². The first-order valence-corrected chi connectivity index (χ1v) is 11.8. The molecule has 0 N–H and O–H groups in total. The molecule has 8 heteroatoms. The molecule has 0 bridgehead atoms. The SMILES string of the molecule is O=C(CN1CCn2c(nc3cc(-c4cccnn4)ccc32)C1)N1CCN(C2CCC2)CC1. The van der Waals surface area contributed by atoms with Gasteiger partial charge in [0.1, 0.15) is 5.82 Å². The molecular formula is C24H29N7O. The first-order valence-electron chi connectivity index (χ1n) is 11.8. The minimum absolute atomic E-state index is 0.257. The molecule has 4 heterocycles. The van der Waals surface area contributed by atoms with Crippen LogP contribution in [0.1, 0.15) is 25.1 Å². The van der Waals surface area contributed by atoms with Crippen LogP contribution in [0.3, 0.4) is 0 Å². The maximum atomic E-state index is 12.9. The van der Waals surface area contributed by atoms with Crippen molar-refractivity contribution in [2.45, 2.75) is 38.4 Å². The second-order valence-electron chi connectivity index (χ2n) is 9.20. The Hall–Kier alpha value is -2.84. The highest BCUT2D eigenvalue weighted by Crippen LogP contribution is 2.27. The van der Waals surface area contributed by atoms with Crippen molar-refractivity contribution < 1.29 is 4.79 Å². The Kier molecular flexibility index (Phi) is 5.11. The number of imidazole rings is 1. The number of benzene rings is 1. The van der Waals surface area contributed by atoms with Gasteiger partial charge in [-0.2, -0.15) is 10.2 Å². The summed E-state index contributed by atoms with van der Waals surface area (Å²) in [5.74, 6) is 1.29. The summed E-state index contributed by atoms with van der Waals surface area (Å²) in [6, 6.07) is 10.9. The zero-order chi connectivity index (χ0) is 21.5. The van der Waals surface area contributed by atoms with E-state index in [2.05, 4.69) is 47.7 Å². The monoisotopic (exact) mass is 431 g/mol. The molecule has 32 heavy (non-hydrogen) atoms. The van der Waals surface area contributed by atoms with Crippen LogP contribution < -0.4 is 0 Å². The number of piperazine rings is 1. The molecule has 1 aliphatic carbocycles.